The van der Waals surface area contributed by atoms with Crippen LogP contribution in [0.4, 0.5) is 5.82 Å². The van der Waals surface area contributed by atoms with E-state index in [1.165, 1.54) is 25.7 Å². The molecule has 108 valence electrons. The van der Waals surface area contributed by atoms with Crippen molar-refractivity contribution in [2.75, 3.05) is 5.32 Å². The first-order chi connectivity index (χ1) is 10.1. The first-order valence-corrected chi connectivity index (χ1v) is 8.13. The van der Waals surface area contributed by atoms with E-state index >= 15 is 0 Å². The van der Waals surface area contributed by atoms with Gasteiger partial charge in [-0.3, -0.25) is 0 Å². The van der Waals surface area contributed by atoms with Crippen LogP contribution in [0.5, 0.6) is 0 Å². The smallest absolute Gasteiger partial charge is 0.204 e. The second-order valence-corrected chi connectivity index (χ2v) is 7.39. The fraction of sp³-hybridized carbons (Fsp3) is 0.500. The second kappa shape index (κ2) is 4.48. The molecule has 0 radical (unpaired) electrons. The summed E-state index contributed by atoms with van der Waals surface area (Å²) in [5.41, 5.74) is 1.19. The Morgan fingerprint density at radius 2 is 2.33 bits per heavy atom. The highest BCUT2D eigenvalue weighted by molar-refractivity contribution is 9.10. The standard InChI is InChI=1S/C16H16BrN3O/c1-16-5-9(16)2-3-10(6-16)20-15-14(17)12-4-11(7-18)21-13(12)8-19-15/h4,8-10H,2-3,5-6H2,1H3,(H,19,20)/t9?,10-,16?/m1/s1. The third-order valence-corrected chi connectivity index (χ3v) is 5.88. The number of halogens is 1. The molecule has 2 saturated carbocycles. The molecule has 2 unspecified atom stereocenters. The summed E-state index contributed by atoms with van der Waals surface area (Å²) < 4.78 is 6.28. The zero-order valence-corrected chi connectivity index (χ0v) is 13.4. The molecule has 1 N–H and O–H groups in total. The van der Waals surface area contributed by atoms with Crippen molar-refractivity contribution in [1.29, 1.82) is 5.26 Å². The molecule has 2 aromatic heterocycles. The summed E-state index contributed by atoms with van der Waals surface area (Å²) in [4.78, 5) is 4.45. The Morgan fingerprint density at radius 3 is 3.10 bits per heavy atom. The van der Waals surface area contributed by atoms with Crippen LogP contribution in [0.2, 0.25) is 0 Å². The number of aromatic nitrogens is 1. The van der Waals surface area contributed by atoms with Gasteiger partial charge in [0.05, 0.1) is 10.7 Å². The molecule has 0 spiro atoms. The number of nitrogens with zero attached hydrogens (tertiary/aromatic N) is 2. The van der Waals surface area contributed by atoms with Gasteiger partial charge in [-0.1, -0.05) is 6.92 Å². The summed E-state index contributed by atoms with van der Waals surface area (Å²) in [5.74, 6) is 2.11. The monoisotopic (exact) mass is 345 g/mol. The van der Waals surface area contributed by atoms with Gasteiger partial charge in [-0.15, -0.1) is 0 Å². The molecule has 4 rings (SSSR count). The van der Waals surface area contributed by atoms with E-state index in [0.717, 1.165) is 21.6 Å². The number of fused-ring (bicyclic) bond motifs is 2. The molecule has 4 nitrogen and oxygen atoms in total. The first-order valence-electron chi connectivity index (χ1n) is 7.34. The number of furan rings is 1. The van der Waals surface area contributed by atoms with Crippen LogP contribution < -0.4 is 5.32 Å². The van der Waals surface area contributed by atoms with Crippen molar-refractivity contribution in [3.05, 3.63) is 22.5 Å². The largest absolute Gasteiger partial charge is 0.444 e. The average molecular weight is 346 g/mol. The molecule has 21 heavy (non-hydrogen) atoms. The molecule has 0 saturated heterocycles. The lowest BCUT2D eigenvalue weighted by Gasteiger charge is -2.28. The summed E-state index contributed by atoms with van der Waals surface area (Å²) >= 11 is 3.60. The fourth-order valence-electron chi connectivity index (χ4n) is 3.72. The average Bonchev–Trinajstić information content (AvgIpc) is 2.95. The molecule has 0 amide bonds. The van der Waals surface area contributed by atoms with Gasteiger partial charge in [0.15, 0.2) is 5.58 Å². The van der Waals surface area contributed by atoms with Crippen molar-refractivity contribution >= 4 is 32.7 Å². The Balaban J connectivity index is 1.61. The van der Waals surface area contributed by atoms with E-state index in [0.29, 0.717) is 22.8 Å². The number of nitriles is 1. The molecule has 0 bridgehead atoms. The van der Waals surface area contributed by atoms with Crippen molar-refractivity contribution < 1.29 is 4.42 Å². The van der Waals surface area contributed by atoms with Gasteiger partial charge in [0, 0.05) is 17.5 Å². The van der Waals surface area contributed by atoms with E-state index in [4.69, 9.17) is 9.68 Å². The normalized spacial score (nSPS) is 30.7. The minimum atomic E-state index is 0.315. The molecule has 3 atom stereocenters. The molecule has 0 aromatic carbocycles. The van der Waals surface area contributed by atoms with Crippen LogP contribution in [0.15, 0.2) is 21.2 Å². The predicted molar refractivity (Wildman–Crippen MR) is 83.9 cm³/mol. The van der Waals surface area contributed by atoms with Gasteiger partial charge >= 0.3 is 0 Å². The minimum absolute atomic E-state index is 0.315. The lowest BCUT2D eigenvalue weighted by molar-refractivity contribution is 0.341. The van der Waals surface area contributed by atoms with Gasteiger partial charge in [0.25, 0.3) is 0 Å². The quantitative estimate of drug-likeness (QED) is 0.873. The van der Waals surface area contributed by atoms with Crippen molar-refractivity contribution in [2.45, 2.75) is 38.6 Å². The maximum absolute atomic E-state index is 8.93. The van der Waals surface area contributed by atoms with Crippen LogP contribution in [-0.4, -0.2) is 11.0 Å². The summed E-state index contributed by atoms with van der Waals surface area (Å²) in [5, 5.41) is 13.4. The number of hydrogen-bond acceptors (Lipinski definition) is 4. The lowest BCUT2D eigenvalue weighted by Crippen LogP contribution is -2.27. The highest BCUT2D eigenvalue weighted by Gasteiger charge is 2.53. The van der Waals surface area contributed by atoms with Crippen LogP contribution in [0.1, 0.15) is 38.4 Å². The highest BCUT2D eigenvalue weighted by atomic mass is 79.9. The molecule has 2 fully saturated rings. The number of nitrogens with one attached hydrogen (secondary N) is 1. The molecule has 0 aliphatic heterocycles. The fourth-order valence-corrected chi connectivity index (χ4v) is 4.25. The summed E-state index contributed by atoms with van der Waals surface area (Å²) in [6.07, 6.45) is 6.82. The molecule has 2 aliphatic rings. The molecule has 5 heteroatoms. The Hall–Kier alpha value is -1.54. The van der Waals surface area contributed by atoms with E-state index < -0.39 is 0 Å². The van der Waals surface area contributed by atoms with Crippen molar-refractivity contribution in [1.82, 2.24) is 4.98 Å². The molecular formula is C16H16BrN3O. The van der Waals surface area contributed by atoms with Gasteiger partial charge < -0.3 is 9.73 Å². The summed E-state index contributed by atoms with van der Waals surface area (Å²) in [6.45, 7) is 2.40. The number of pyridine rings is 1. The Morgan fingerprint density at radius 1 is 1.48 bits per heavy atom. The van der Waals surface area contributed by atoms with E-state index in [-0.39, 0.29) is 0 Å². The van der Waals surface area contributed by atoms with Crippen LogP contribution in [0, 0.1) is 22.7 Å². The molecule has 2 heterocycles. The van der Waals surface area contributed by atoms with E-state index in [1.807, 2.05) is 6.07 Å². The van der Waals surface area contributed by atoms with Crippen LogP contribution in [0.3, 0.4) is 0 Å². The Bertz CT molecular complexity index is 763. The van der Waals surface area contributed by atoms with E-state index in [2.05, 4.69) is 33.2 Å². The first kappa shape index (κ1) is 13.1. The maximum atomic E-state index is 8.93. The van der Waals surface area contributed by atoms with Gasteiger partial charge in [0.2, 0.25) is 5.76 Å². The van der Waals surface area contributed by atoms with Gasteiger partial charge in [-0.2, -0.15) is 5.26 Å². The minimum Gasteiger partial charge on any atom is -0.444 e. The maximum Gasteiger partial charge on any atom is 0.204 e. The summed E-state index contributed by atoms with van der Waals surface area (Å²) in [7, 11) is 0. The molecule has 2 aliphatic carbocycles. The third kappa shape index (κ3) is 2.13. The second-order valence-electron chi connectivity index (χ2n) is 6.60. The third-order valence-electron chi connectivity index (χ3n) is 5.08. The Labute approximate surface area is 131 Å². The van der Waals surface area contributed by atoms with E-state index in [9.17, 15) is 0 Å². The predicted octanol–water partition coefficient (Wildman–Crippen LogP) is 4.45. The SMILES string of the molecule is CC12CC1CC[C@@H](Nc1ncc3oc(C#N)cc3c1Br)C2. The molecular weight excluding hydrogens is 330 g/mol. The van der Waals surface area contributed by atoms with Crippen molar-refractivity contribution in [3.8, 4) is 6.07 Å². The van der Waals surface area contributed by atoms with Crippen molar-refractivity contribution in [2.24, 2.45) is 11.3 Å². The van der Waals surface area contributed by atoms with Crippen LogP contribution >= 0.6 is 15.9 Å². The van der Waals surface area contributed by atoms with Crippen molar-refractivity contribution in [3.63, 3.8) is 0 Å². The molecule has 2 aromatic rings. The van der Waals surface area contributed by atoms with Gasteiger partial charge in [-0.25, -0.2) is 4.98 Å². The zero-order chi connectivity index (χ0) is 14.6. The van der Waals surface area contributed by atoms with Crippen LogP contribution in [-0.2, 0) is 0 Å². The van der Waals surface area contributed by atoms with Crippen LogP contribution in [0.25, 0.3) is 11.0 Å². The van der Waals surface area contributed by atoms with Gasteiger partial charge in [-0.05, 0) is 52.9 Å². The Kier molecular flexibility index (Phi) is 2.80. The number of hydrogen-bond donors (Lipinski definition) is 1. The van der Waals surface area contributed by atoms with E-state index in [1.54, 1.807) is 12.3 Å². The van der Waals surface area contributed by atoms with Gasteiger partial charge in [0.1, 0.15) is 11.9 Å². The number of anilines is 1. The summed E-state index contributed by atoms with van der Waals surface area (Å²) in [6, 6.07) is 4.26. The zero-order valence-electron chi connectivity index (χ0n) is 11.8. The lowest BCUT2D eigenvalue weighted by atomic mass is 9.86. The highest BCUT2D eigenvalue weighted by Crippen LogP contribution is 2.61. The number of rotatable bonds is 2. The topological polar surface area (TPSA) is 61.9 Å².